The number of esters is 1. The molecular weight excluding hydrogens is 487 g/mol. The number of aryl methyl sites for hydroxylation is 1. The van der Waals surface area contributed by atoms with Gasteiger partial charge in [-0.15, -0.1) is 0 Å². The van der Waals surface area contributed by atoms with Crippen molar-refractivity contribution in [3.8, 4) is 11.1 Å². The largest absolute Gasteiger partial charge is 0.466 e. The zero-order chi connectivity index (χ0) is 26.7. The summed E-state index contributed by atoms with van der Waals surface area (Å²) in [4.78, 5) is 40.6. The lowest BCUT2D eigenvalue weighted by Gasteiger charge is -2.26. The summed E-state index contributed by atoms with van der Waals surface area (Å²) in [5.74, 6) is -1.39. The topological polar surface area (TPSA) is 112 Å². The third kappa shape index (κ3) is 5.70. The van der Waals surface area contributed by atoms with Crippen LogP contribution in [0.25, 0.3) is 22.0 Å². The zero-order valence-corrected chi connectivity index (χ0v) is 21.5. The van der Waals surface area contributed by atoms with Crippen molar-refractivity contribution in [2.24, 2.45) is 0 Å². The van der Waals surface area contributed by atoms with Crippen LogP contribution in [0.15, 0.2) is 47.5 Å². The molecule has 0 bridgehead atoms. The molecule has 0 fully saturated rings. The van der Waals surface area contributed by atoms with Crippen molar-refractivity contribution in [3.63, 3.8) is 0 Å². The molecule has 0 radical (unpaired) electrons. The van der Waals surface area contributed by atoms with Gasteiger partial charge >= 0.3 is 5.97 Å². The van der Waals surface area contributed by atoms with E-state index in [0.717, 1.165) is 17.9 Å². The summed E-state index contributed by atoms with van der Waals surface area (Å²) in [7, 11) is -3.72. The van der Waals surface area contributed by atoms with Crippen LogP contribution in [-0.4, -0.2) is 47.3 Å². The summed E-state index contributed by atoms with van der Waals surface area (Å²) in [6.07, 6.45) is 2.77. The number of fused-ring (bicyclic) bond motifs is 1. The Bertz CT molecular complexity index is 1460. The van der Waals surface area contributed by atoms with Crippen LogP contribution >= 0.6 is 0 Å². The SMILES string of the molecule is CCC(=O)[C@@](C)(CCn1cnc2cc(-c3ccc(CCOC(C)=O)cc3)c(F)cc2c1=O)S(C)(=O)=O. The number of carbonyl (C=O) groups is 2. The monoisotopic (exact) mass is 516 g/mol. The van der Waals surface area contributed by atoms with Gasteiger partial charge in [0.05, 0.1) is 23.8 Å². The summed E-state index contributed by atoms with van der Waals surface area (Å²) < 4.78 is 44.1. The van der Waals surface area contributed by atoms with E-state index in [1.54, 1.807) is 19.1 Å². The standard InChI is InChI=1S/C26H29FN2O6S/c1-5-24(31)26(3,36(4,33)34)11-12-29-16-28-23-15-20(22(27)14-21(23)25(29)32)19-8-6-18(7-9-19)10-13-35-17(2)30/h6-9,14-16H,5,10-13H2,1-4H3/t26-/m1/s1. The fourth-order valence-electron chi connectivity index (χ4n) is 3.96. The first-order chi connectivity index (χ1) is 16.9. The Morgan fingerprint density at radius 2 is 1.83 bits per heavy atom. The molecule has 1 atom stereocenters. The molecule has 0 saturated heterocycles. The second-order valence-electron chi connectivity index (χ2n) is 8.91. The van der Waals surface area contributed by atoms with Gasteiger partial charge in [0, 0.05) is 38.1 Å². The number of benzene rings is 2. The van der Waals surface area contributed by atoms with E-state index in [2.05, 4.69) is 4.98 Å². The van der Waals surface area contributed by atoms with Gasteiger partial charge in [-0.1, -0.05) is 31.2 Å². The molecule has 0 aliphatic heterocycles. The highest BCUT2D eigenvalue weighted by atomic mass is 32.2. The van der Waals surface area contributed by atoms with E-state index in [0.29, 0.717) is 17.5 Å². The first-order valence-electron chi connectivity index (χ1n) is 11.5. The van der Waals surface area contributed by atoms with E-state index >= 15 is 4.39 Å². The Balaban J connectivity index is 1.88. The van der Waals surface area contributed by atoms with Gasteiger partial charge in [0.1, 0.15) is 10.6 Å². The molecule has 10 heteroatoms. The van der Waals surface area contributed by atoms with Gasteiger partial charge in [0.25, 0.3) is 5.56 Å². The van der Waals surface area contributed by atoms with Gasteiger partial charge in [0.2, 0.25) is 0 Å². The van der Waals surface area contributed by atoms with Crippen molar-refractivity contribution in [2.45, 2.75) is 51.3 Å². The molecule has 1 aromatic heterocycles. The highest BCUT2D eigenvalue weighted by Gasteiger charge is 2.41. The lowest BCUT2D eigenvalue weighted by atomic mass is 9.99. The molecule has 0 amide bonds. The lowest BCUT2D eigenvalue weighted by Crippen LogP contribution is -2.44. The number of ketones is 1. The van der Waals surface area contributed by atoms with Crippen LogP contribution in [0.4, 0.5) is 4.39 Å². The van der Waals surface area contributed by atoms with E-state index in [1.807, 2.05) is 12.1 Å². The number of hydrogen-bond acceptors (Lipinski definition) is 7. The molecule has 192 valence electrons. The van der Waals surface area contributed by atoms with Crippen molar-refractivity contribution < 1.29 is 27.1 Å². The summed E-state index contributed by atoms with van der Waals surface area (Å²) in [6.45, 7) is 4.49. The third-order valence-electron chi connectivity index (χ3n) is 6.43. The normalized spacial score (nSPS) is 13.4. The number of hydrogen-bond donors (Lipinski definition) is 0. The molecule has 0 N–H and O–H groups in total. The maximum absolute atomic E-state index is 15.0. The van der Waals surface area contributed by atoms with Crippen molar-refractivity contribution >= 4 is 32.5 Å². The quantitative estimate of drug-likeness (QED) is 0.379. The van der Waals surface area contributed by atoms with Crippen molar-refractivity contribution in [3.05, 3.63) is 64.5 Å². The van der Waals surface area contributed by atoms with E-state index in [1.165, 1.54) is 30.8 Å². The van der Waals surface area contributed by atoms with Crippen molar-refractivity contribution in [2.75, 3.05) is 12.9 Å². The van der Waals surface area contributed by atoms with Crippen LogP contribution in [0, 0.1) is 5.82 Å². The van der Waals surface area contributed by atoms with Gasteiger partial charge in [-0.2, -0.15) is 0 Å². The predicted molar refractivity (Wildman–Crippen MR) is 135 cm³/mol. The fourth-order valence-corrected chi connectivity index (χ4v) is 4.98. The average Bonchev–Trinajstić information content (AvgIpc) is 2.82. The van der Waals surface area contributed by atoms with Gasteiger partial charge in [0.15, 0.2) is 15.6 Å². The Kier molecular flexibility index (Phi) is 8.08. The summed E-state index contributed by atoms with van der Waals surface area (Å²) in [6, 6.07) is 9.72. The van der Waals surface area contributed by atoms with Crippen LogP contribution in [0.1, 0.15) is 39.2 Å². The Morgan fingerprint density at radius 3 is 2.42 bits per heavy atom. The average molecular weight is 517 g/mol. The molecule has 36 heavy (non-hydrogen) atoms. The van der Waals surface area contributed by atoms with Gasteiger partial charge < -0.3 is 4.74 Å². The van der Waals surface area contributed by atoms with Crippen LogP contribution in [0.2, 0.25) is 0 Å². The lowest BCUT2D eigenvalue weighted by molar-refractivity contribution is -0.140. The summed E-state index contributed by atoms with van der Waals surface area (Å²) in [5.41, 5.74) is 1.56. The number of ether oxygens (including phenoxy) is 1. The third-order valence-corrected chi connectivity index (χ3v) is 8.50. The van der Waals surface area contributed by atoms with E-state index in [9.17, 15) is 22.8 Å². The number of Topliss-reactive ketones (excluding diaryl/α,β-unsaturated/α-hetero) is 1. The molecular formula is C26H29FN2O6S. The summed E-state index contributed by atoms with van der Waals surface area (Å²) >= 11 is 0. The number of halogens is 1. The van der Waals surface area contributed by atoms with Crippen molar-refractivity contribution in [1.82, 2.24) is 9.55 Å². The van der Waals surface area contributed by atoms with Crippen LogP contribution < -0.4 is 5.56 Å². The predicted octanol–water partition coefficient (Wildman–Crippen LogP) is 3.48. The molecule has 0 unspecified atom stereocenters. The van der Waals surface area contributed by atoms with Crippen molar-refractivity contribution in [1.29, 1.82) is 0 Å². The second kappa shape index (κ2) is 10.7. The van der Waals surface area contributed by atoms with E-state index < -0.39 is 31.7 Å². The minimum Gasteiger partial charge on any atom is -0.466 e. The minimum absolute atomic E-state index is 0.0512. The maximum Gasteiger partial charge on any atom is 0.302 e. The first-order valence-corrected chi connectivity index (χ1v) is 13.4. The number of rotatable bonds is 10. The van der Waals surface area contributed by atoms with Crippen LogP contribution in [0.5, 0.6) is 0 Å². The molecule has 0 aliphatic rings. The molecule has 0 spiro atoms. The molecule has 2 aromatic carbocycles. The van der Waals surface area contributed by atoms with E-state index in [4.69, 9.17) is 4.74 Å². The number of aromatic nitrogens is 2. The smallest absolute Gasteiger partial charge is 0.302 e. The first kappa shape index (κ1) is 27.2. The molecule has 3 rings (SSSR count). The molecule has 8 nitrogen and oxygen atoms in total. The Morgan fingerprint density at radius 1 is 1.17 bits per heavy atom. The number of carbonyl (C=O) groups excluding carboxylic acids is 2. The molecule has 3 aromatic rings. The van der Waals surface area contributed by atoms with E-state index in [-0.39, 0.29) is 42.9 Å². The van der Waals surface area contributed by atoms with Crippen LogP contribution in [0.3, 0.4) is 0 Å². The maximum atomic E-state index is 15.0. The fraction of sp³-hybridized carbons (Fsp3) is 0.385. The highest BCUT2D eigenvalue weighted by Crippen LogP contribution is 2.27. The zero-order valence-electron chi connectivity index (χ0n) is 20.7. The number of sulfone groups is 1. The molecule has 0 saturated carbocycles. The van der Waals surface area contributed by atoms with Crippen LogP contribution in [-0.2, 0) is 37.1 Å². The number of nitrogens with zero attached hydrogens (tertiary/aromatic N) is 2. The van der Waals surface area contributed by atoms with Gasteiger partial charge in [-0.05, 0) is 36.6 Å². The Hall–Kier alpha value is -3.40. The highest BCUT2D eigenvalue weighted by molar-refractivity contribution is 7.92. The second-order valence-corrected chi connectivity index (χ2v) is 11.4. The van der Waals surface area contributed by atoms with Gasteiger partial charge in [-0.3, -0.25) is 19.0 Å². The molecule has 0 aliphatic carbocycles. The Labute approximate surface area is 209 Å². The van der Waals surface area contributed by atoms with Gasteiger partial charge in [-0.25, -0.2) is 17.8 Å². The molecule has 1 heterocycles. The minimum atomic E-state index is -3.72. The summed E-state index contributed by atoms with van der Waals surface area (Å²) in [5, 5.41) is 0.0552.